The molecule has 0 saturated heterocycles. The summed E-state index contributed by atoms with van der Waals surface area (Å²) < 4.78 is 6.97. The number of rotatable bonds is 3. The van der Waals surface area contributed by atoms with Gasteiger partial charge in [0.15, 0.2) is 5.58 Å². The van der Waals surface area contributed by atoms with Crippen molar-refractivity contribution in [3.05, 3.63) is 161 Å². The predicted octanol–water partition coefficient (Wildman–Crippen LogP) is 14.9. The smallest absolute Gasteiger partial charge is 0.252 e. The highest BCUT2D eigenvalue weighted by Gasteiger charge is 2.58. The molecule has 0 N–H and O–H groups in total. The van der Waals surface area contributed by atoms with Gasteiger partial charge in [0.05, 0.1) is 11.2 Å². The molecule has 1 saturated carbocycles. The van der Waals surface area contributed by atoms with Crippen molar-refractivity contribution in [3.63, 3.8) is 0 Å². The van der Waals surface area contributed by atoms with Gasteiger partial charge in [0, 0.05) is 56.0 Å². The van der Waals surface area contributed by atoms with Gasteiger partial charge in [0.25, 0.3) is 6.71 Å². The van der Waals surface area contributed by atoms with Gasteiger partial charge in [-0.15, -0.1) is 0 Å². The molecule has 330 valence electrons. The first-order chi connectivity index (χ1) is 31.5. The van der Waals surface area contributed by atoms with Gasteiger partial charge in [-0.2, -0.15) is 0 Å². The lowest BCUT2D eigenvalue weighted by Crippen LogP contribution is -2.61. The minimum atomic E-state index is -0.0802. The summed E-state index contributed by atoms with van der Waals surface area (Å²) in [6.45, 7) is 26.0. The fraction of sp³-hybridized carbons (Fsp3) is 0.311. The predicted molar refractivity (Wildman–Crippen MR) is 282 cm³/mol. The Hall–Kier alpha value is -6.20. The van der Waals surface area contributed by atoms with E-state index in [1.807, 2.05) is 0 Å². The van der Waals surface area contributed by atoms with E-state index in [9.17, 15) is 0 Å². The lowest BCUT2D eigenvalue weighted by Gasteiger charge is -2.51. The van der Waals surface area contributed by atoms with Crippen molar-refractivity contribution < 1.29 is 4.42 Å². The first kappa shape index (κ1) is 41.3. The Balaban J connectivity index is 1.18. The number of fused-ring (bicyclic) bond motifs is 10. The largest absolute Gasteiger partial charge is 0.454 e. The zero-order valence-corrected chi connectivity index (χ0v) is 40.8. The van der Waals surface area contributed by atoms with Crippen LogP contribution in [0.4, 0.5) is 45.5 Å². The highest BCUT2D eigenvalue weighted by Crippen LogP contribution is 2.62. The van der Waals surface area contributed by atoms with E-state index in [0.29, 0.717) is 0 Å². The van der Waals surface area contributed by atoms with Crippen LogP contribution in [0.2, 0.25) is 0 Å². The van der Waals surface area contributed by atoms with Crippen LogP contribution in [0.15, 0.2) is 132 Å². The zero-order valence-electron chi connectivity index (χ0n) is 40.8. The number of hydrogen-bond donors (Lipinski definition) is 0. The van der Waals surface area contributed by atoms with Crippen LogP contribution in [-0.2, 0) is 16.2 Å². The van der Waals surface area contributed by atoms with Crippen LogP contribution in [0.25, 0.3) is 21.9 Å². The Bertz CT molecular complexity index is 3350. The molecule has 7 aromatic carbocycles. The van der Waals surface area contributed by atoms with Crippen LogP contribution in [0.3, 0.4) is 0 Å². The summed E-state index contributed by atoms with van der Waals surface area (Å²) in [6.07, 6.45) is 4.85. The van der Waals surface area contributed by atoms with Crippen LogP contribution in [0, 0.1) is 20.8 Å². The molecule has 3 aliphatic heterocycles. The number of anilines is 8. The molecule has 4 nitrogen and oxygen atoms in total. The maximum atomic E-state index is 6.97. The molecule has 5 heteroatoms. The maximum Gasteiger partial charge on any atom is 0.252 e. The summed E-state index contributed by atoms with van der Waals surface area (Å²) in [4.78, 5) is 7.93. The second-order valence-corrected chi connectivity index (χ2v) is 22.8. The number of benzene rings is 7. The molecule has 12 rings (SSSR count). The fourth-order valence-electron chi connectivity index (χ4n) is 13.1. The zero-order chi connectivity index (χ0) is 45.8. The molecule has 2 unspecified atom stereocenters. The van der Waals surface area contributed by atoms with E-state index in [1.165, 1.54) is 109 Å². The summed E-state index contributed by atoms with van der Waals surface area (Å²) in [5.74, 6) is 0. The molecule has 2 atom stereocenters. The monoisotopic (exact) mass is 863 g/mol. The molecule has 1 aliphatic carbocycles. The molecule has 0 amide bonds. The molecule has 0 spiro atoms. The van der Waals surface area contributed by atoms with Crippen LogP contribution in [0.1, 0.15) is 114 Å². The van der Waals surface area contributed by atoms with E-state index in [4.69, 9.17) is 4.42 Å². The van der Waals surface area contributed by atoms with E-state index in [1.54, 1.807) is 0 Å². The average molecular weight is 864 g/mol. The number of aryl methyl sites for hydroxylation is 3. The Morgan fingerprint density at radius 3 is 1.94 bits per heavy atom. The maximum absolute atomic E-state index is 6.97. The van der Waals surface area contributed by atoms with E-state index in [0.717, 1.165) is 34.0 Å². The minimum Gasteiger partial charge on any atom is -0.454 e. The number of furan rings is 1. The topological polar surface area (TPSA) is 22.9 Å². The normalized spacial score (nSPS) is 19.8. The lowest BCUT2D eigenvalue weighted by molar-refractivity contribution is 0.194. The molecule has 8 aromatic rings. The number of hydrogen-bond acceptors (Lipinski definition) is 4. The quantitative estimate of drug-likeness (QED) is 0.165. The Morgan fingerprint density at radius 1 is 0.530 bits per heavy atom. The van der Waals surface area contributed by atoms with Gasteiger partial charge in [-0.1, -0.05) is 128 Å². The summed E-state index contributed by atoms with van der Waals surface area (Å²) in [6, 6.07) is 49.1. The minimum absolute atomic E-state index is 0.00253. The second kappa shape index (κ2) is 13.9. The third-order valence-corrected chi connectivity index (χ3v) is 16.4. The average Bonchev–Trinajstić information content (AvgIpc) is 3.75. The van der Waals surface area contributed by atoms with Gasteiger partial charge < -0.3 is 19.1 Å². The Kier molecular flexibility index (Phi) is 8.70. The van der Waals surface area contributed by atoms with Crippen LogP contribution >= 0.6 is 0 Å². The van der Waals surface area contributed by atoms with Crippen molar-refractivity contribution in [3.8, 4) is 0 Å². The van der Waals surface area contributed by atoms with Gasteiger partial charge in [0.2, 0.25) is 0 Å². The summed E-state index contributed by atoms with van der Waals surface area (Å²) in [7, 11) is 0. The van der Waals surface area contributed by atoms with Crippen molar-refractivity contribution in [2.24, 2.45) is 0 Å². The van der Waals surface area contributed by atoms with E-state index in [2.05, 4.69) is 218 Å². The van der Waals surface area contributed by atoms with Gasteiger partial charge in [-0.25, -0.2) is 0 Å². The van der Waals surface area contributed by atoms with Gasteiger partial charge >= 0.3 is 0 Å². The van der Waals surface area contributed by atoms with Gasteiger partial charge in [-0.3, -0.25) is 0 Å². The van der Waals surface area contributed by atoms with Crippen molar-refractivity contribution in [1.29, 1.82) is 0 Å². The van der Waals surface area contributed by atoms with Gasteiger partial charge in [-0.05, 0) is 162 Å². The lowest BCUT2D eigenvalue weighted by atomic mass is 9.33. The Morgan fingerprint density at radius 2 is 1.17 bits per heavy atom. The molecule has 0 bridgehead atoms. The first-order valence-corrected chi connectivity index (χ1v) is 24.4. The van der Waals surface area contributed by atoms with Crippen molar-refractivity contribution >= 4 is 90.5 Å². The van der Waals surface area contributed by atoms with Gasteiger partial charge in [0.1, 0.15) is 5.58 Å². The third kappa shape index (κ3) is 5.71. The standard InChI is InChI=1S/C61H62BN3O/c1-37-30-39(3)55-51(31-37)65(61(11)29-15-14-28-60(55,61)10)43-25-27-47-50(36-43)64(48-22-17-21-45-44-20-12-13-23-54(44)66-57(45)48)53-33-38(2)32-52-56(53)62(47)46-26-24-41(59(7,8)9)35-49(46)63(52)42-19-16-18-40(34-42)58(4,5)6/h12-13,16-27,30-36H,14-15,28-29H2,1-11H3. The number of para-hydroxylation sites is 2. The molecule has 66 heavy (non-hydrogen) atoms. The van der Waals surface area contributed by atoms with Crippen molar-refractivity contribution in [1.82, 2.24) is 0 Å². The molecule has 0 radical (unpaired) electrons. The molecule has 1 aromatic heterocycles. The summed E-state index contributed by atoms with van der Waals surface area (Å²) in [5, 5.41) is 2.27. The first-order valence-electron chi connectivity index (χ1n) is 24.4. The third-order valence-electron chi connectivity index (χ3n) is 16.4. The van der Waals surface area contributed by atoms with Crippen LogP contribution in [-0.4, -0.2) is 12.3 Å². The molecular weight excluding hydrogens is 802 g/mol. The highest BCUT2D eigenvalue weighted by molar-refractivity contribution is 7.00. The van der Waals surface area contributed by atoms with Crippen molar-refractivity contribution in [2.45, 2.75) is 124 Å². The van der Waals surface area contributed by atoms with Crippen molar-refractivity contribution in [2.75, 3.05) is 14.7 Å². The summed E-state index contributed by atoms with van der Waals surface area (Å²) in [5.41, 5.74) is 23.7. The van der Waals surface area contributed by atoms with E-state index < -0.39 is 0 Å². The second-order valence-electron chi connectivity index (χ2n) is 22.8. The molecular formula is C61H62BN3O. The SMILES string of the molecule is Cc1cc2c3c(c1)N(c1cccc4c1oc1ccccc14)c1cc(N4c5cc(C)cc(C)c5C5(C)CCCCC45C)ccc1B3c1ccc(C(C)(C)C)cc1N2c1cccc(C(C)(C)C)c1. The fourth-order valence-corrected chi connectivity index (χ4v) is 13.1. The van der Waals surface area contributed by atoms with E-state index >= 15 is 0 Å². The van der Waals surface area contributed by atoms with Crippen LogP contribution in [0.5, 0.6) is 0 Å². The molecule has 1 fully saturated rings. The number of nitrogens with zero attached hydrogens (tertiary/aromatic N) is 3. The van der Waals surface area contributed by atoms with Crippen LogP contribution < -0.4 is 31.1 Å². The Labute approximate surface area is 392 Å². The van der Waals surface area contributed by atoms with E-state index in [-0.39, 0.29) is 28.5 Å². The molecule has 4 heterocycles. The molecule has 4 aliphatic rings. The summed E-state index contributed by atoms with van der Waals surface area (Å²) >= 11 is 0. The highest BCUT2D eigenvalue weighted by atomic mass is 16.3.